The van der Waals surface area contributed by atoms with E-state index in [0.29, 0.717) is 6.54 Å². The Morgan fingerprint density at radius 2 is 2.14 bits per heavy atom. The number of amides is 1. The maximum Gasteiger partial charge on any atom is 0.325 e. The summed E-state index contributed by atoms with van der Waals surface area (Å²) in [7, 11) is 0. The van der Waals surface area contributed by atoms with Crippen molar-refractivity contribution in [2.24, 2.45) is 0 Å². The lowest BCUT2D eigenvalue weighted by molar-refractivity contribution is -0.140. The van der Waals surface area contributed by atoms with Crippen LogP contribution in [0.5, 0.6) is 0 Å². The van der Waals surface area contributed by atoms with Crippen molar-refractivity contribution in [2.45, 2.75) is 19.4 Å². The molecule has 8 heteroatoms. The van der Waals surface area contributed by atoms with E-state index in [1.165, 1.54) is 13.1 Å². The molecule has 122 valence electrons. The molecule has 1 heterocycles. The predicted molar refractivity (Wildman–Crippen MR) is 78.8 cm³/mol. The minimum atomic E-state index is -1.15. The molecule has 1 saturated heterocycles. The van der Waals surface area contributed by atoms with Gasteiger partial charge in [-0.3, -0.25) is 14.5 Å². The van der Waals surface area contributed by atoms with Crippen molar-refractivity contribution in [2.75, 3.05) is 39.4 Å². The fraction of sp³-hybridized carbons (Fsp3) is 0.643. The van der Waals surface area contributed by atoms with Crippen molar-refractivity contribution in [3.63, 3.8) is 0 Å². The van der Waals surface area contributed by atoms with Crippen molar-refractivity contribution < 1.29 is 19.4 Å². The van der Waals surface area contributed by atoms with Crippen LogP contribution in [-0.4, -0.2) is 67.3 Å². The molecule has 0 saturated carbocycles. The number of hydrogen-bond acceptors (Lipinski definition) is 6. The standard InChI is InChI=1S/C14H22N4O4/c1-11(14(20)21)17-13(19)12(9-15)10-16-3-2-4-18-5-7-22-8-6-18/h10-11,16H,2-8H2,1H3,(H,17,19)(H,20,21)/b12-10-. The van der Waals surface area contributed by atoms with Crippen molar-refractivity contribution in [3.05, 3.63) is 11.8 Å². The second-order valence-corrected chi connectivity index (χ2v) is 4.96. The molecule has 0 aromatic carbocycles. The molecule has 22 heavy (non-hydrogen) atoms. The molecule has 1 rings (SSSR count). The molecule has 1 amide bonds. The molecule has 0 aliphatic carbocycles. The molecule has 1 aliphatic heterocycles. The second-order valence-electron chi connectivity index (χ2n) is 4.96. The zero-order chi connectivity index (χ0) is 16.4. The Bertz CT molecular complexity index is 452. The quantitative estimate of drug-likeness (QED) is 0.308. The highest BCUT2D eigenvalue weighted by molar-refractivity contribution is 5.99. The molecular formula is C14H22N4O4. The van der Waals surface area contributed by atoms with E-state index in [0.717, 1.165) is 39.3 Å². The Morgan fingerprint density at radius 1 is 1.45 bits per heavy atom. The number of rotatable bonds is 8. The van der Waals surface area contributed by atoms with E-state index in [4.69, 9.17) is 15.1 Å². The van der Waals surface area contributed by atoms with Crippen LogP contribution >= 0.6 is 0 Å². The number of carboxylic acids is 1. The summed E-state index contributed by atoms with van der Waals surface area (Å²) in [5.74, 6) is -1.85. The van der Waals surface area contributed by atoms with Gasteiger partial charge in [0.25, 0.3) is 5.91 Å². The number of aliphatic carboxylic acids is 1. The Kier molecular flexibility index (Phi) is 7.96. The van der Waals surface area contributed by atoms with Gasteiger partial charge in [0, 0.05) is 25.8 Å². The molecule has 0 aromatic rings. The highest BCUT2D eigenvalue weighted by Crippen LogP contribution is 1.98. The lowest BCUT2D eigenvalue weighted by atomic mass is 10.2. The van der Waals surface area contributed by atoms with Crippen molar-refractivity contribution >= 4 is 11.9 Å². The van der Waals surface area contributed by atoms with Gasteiger partial charge >= 0.3 is 5.97 Å². The fourth-order valence-electron chi connectivity index (χ4n) is 1.89. The Hall–Kier alpha value is -2.11. The Labute approximate surface area is 129 Å². The minimum Gasteiger partial charge on any atom is -0.480 e. The highest BCUT2D eigenvalue weighted by atomic mass is 16.5. The van der Waals surface area contributed by atoms with Gasteiger partial charge in [-0.25, -0.2) is 0 Å². The van der Waals surface area contributed by atoms with Crippen LogP contribution in [0, 0.1) is 11.3 Å². The van der Waals surface area contributed by atoms with Crippen molar-refractivity contribution in [3.8, 4) is 6.07 Å². The van der Waals surface area contributed by atoms with Gasteiger partial charge in [0.2, 0.25) is 0 Å². The number of carbonyl (C=O) groups excluding carboxylic acids is 1. The molecular weight excluding hydrogens is 288 g/mol. The number of nitrogens with zero attached hydrogens (tertiary/aromatic N) is 2. The summed E-state index contributed by atoms with van der Waals surface area (Å²) >= 11 is 0. The summed E-state index contributed by atoms with van der Waals surface area (Å²) in [4.78, 5) is 24.6. The van der Waals surface area contributed by atoms with Crippen LogP contribution in [-0.2, 0) is 14.3 Å². The van der Waals surface area contributed by atoms with E-state index < -0.39 is 17.9 Å². The summed E-state index contributed by atoms with van der Waals surface area (Å²) < 4.78 is 5.26. The van der Waals surface area contributed by atoms with Gasteiger partial charge in [-0.1, -0.05) is 0 Å². The van der Waals surface area contributed by atoms with Gasteiger partial charge in [-0.2, -0.15) is 5.26 Å². The molecule has 0 aromatic heterocycles. The van der Waals surface area contributed by atoms with E-state index in [2.05, 4.69) is 15.5 Å². The first-order chi connectivity index (χ1) is 10.5. The summed E-state index contributed by atoms with van der Waals surface area (Å²) in [5, 5.41) is 22.8. The summed E-state index contributed by atoms with van der Waals surface area (Å²) in [6.45, 7) is 6.26. The zero-order valence-electron chi connectivity index (χ0n) is 12.7. The van der Waals surface area contributed by atoms with Gasteiger partial charge in [-0.15, -0.1) is 0 Å². The monoisotopic (exact) mass is 310 g/mol. The third-order valence-electron chi connectivity index (χ3n) is 3.23. The molecule has 1 aliphatic rings. The first kappa shape index (κ1) is 17.9. The topological polar surface area (TPSA) is 115 Å². The van der Waals surface area contributed by atoms with Crippen LogP contribution in [0.2, 0.25) is 0 Å². The maximum atomic E-state index is 11.7. The van der Waals surface area contributed by atoms with E-state index in [1.54, 1.807) is 6.07 Å². The van der Waals surface area contributed by atoms with E-state index in [1.807, 2.05) is 0 Å². The predicted octanol–water partition coefficient (Wildman–Crippen LogP) is -0.705. The molecule has 8 nitrogen and oxygen atoms in total. The SMILES string of the molecule is CC(NC(=O)/C(C#N)=C\NCCCN1CCOCC1)C(=O)O. The van der Waals surface area contributed by atoms with Gasteiger partial charge < -0.3 is 20.5 Å². The van der Waals surface area contributed by atoms with E-state index in [9.17, 15) is 9.59 Å². The lowest BCUT2D eigenvalue weighted by Gasteiger charge is -2.26. The average Bonchev–Trinajstić information content (AvgIpc) is 2.51. The molecule has 0 bridgehead atoms. The molecule has 1 fully saturated rings. The largest absolute Gasteiger partial charge is 0.480 e. The Balaban J connectivity index is 2.28. The number of nitrogens with one attached hydrogen (secondary N) is 2. The zero-order valence-corrected chi connectivity index (χ0v) is 12.7. The van der Waals surface area contributed by atoms with E-state index in [-0.39, 0.29) is 5.57 Å². The first-order valence-electron chi connectivity index (χ1n) is 7.22. The van der Waals surface area contributed by atoms with Crippen LogP contribution < -0.4 is 10.6 Å². The first-order valence-corrected chi connectivity index (χ1v) is 7.22. The number of hydrogen-bond donors (Lipinski definition) is 3. The van der Waals surface area contributed by atoms with Gasteiger partial charge in [-0.05, 0) is 19.9 Å². The van der Waals surface area contributed by atoms with Crippen molar-refractivity contribution in [1.82, 2.24) is 15.5 Å². The minimum absolute atomic E-state index is 0.139. The normalized spacial score (nSPS) is 17.4. The number of nitriles is 1. The molecule has 1 unspecified atom stereocenters. The molecule has 3 N–H and O–H groups in total. The summed E-state index contributed by atoms with van der Waals surface area (Å²) in [5.41, 5.74) is -0.139. The Morgan fingerprint density at radius 3 is 2.73 bits per heavy atom. The van der Waals surface area contributed by atoms with Crippen LogP contribution in [0.3, 0.4) is 0 Å². The van der Waals surface area contributed by atoms with Crippen LogP contribution in [0.25, 0.3) is 0 Å². The van der Waals surface area contributed by atoms with Crippen LogP contribution in [0.1, 0.15) is 13.3 Å². The van der Waals surface area contributed by atoms with Gasteiger partial charge in [0.15, 0.2) is 0 Å². The molecule has 0 spiro atoms. The maximum absolute atomic E-state index is 11.7. The van der Waals surface area contributed by atoms with E-state index >= 15 is 0 Å². The third-order valence-corrected chi connectivity index (χ3v) is 3.23. The number of ether oxygens (including phenoxy) is 1. The number of carboxylic acid groups (broad SMARTS) is 1. The lowest BCUT2D eigenvalue weighted by Crippen LogP contribution is -2.39. The van der Waals surface area contributed by atoms with Gasteiger partial charge in [0.1, 0.15) is 17.7 Å². The summed E-state index contributed by atoms with van der Waals surface area (Å²) in [6.07, 6.45) is 2.20. The third kappa shape index (κ3) is 6.56. The highest BCUT2D eigenvalue weighted by Gasteiger charge is 2.16. The fourth-order valence-corrected chi connectivity index (χ4v) is 1.89. The molecule has 0 radical (unpaired) electrons. The second kappa shape index (κ2) is 9.76. The average molecular weight is 310 g/mol. The van der Waals surface area contributed by atoms with Crippen LogP contribution in [0.4, 0.5) is 0 Å². The smallest absolute Gasteiger partial charge is 0.325 e. The number of morpholine rings is 1. The number of carbonyl (C=O) groups is 2. The molecule has 1 atom stereocenters. The van der Waals surface area contributed by atoms with Crippen molar-refractivity contribution in [1.29, 1.82) is 5.26 Å². The summed E-state index contributed by atoms with van der Waals surface area (Å²) in [6, 6.07) is 0.717. The van der Waals surface area contributed by atoms with Crippen LogP contribution in [0.15, 0.2) is 11.8 Å². The van der Waals surface area contributed by atoms with Gasteiger partial charge in [0.05, 0.1) is 13.2 Å².